The van der Waals surface area contributed by atoms with Gasteiger partial charge in [0.15, 0.2) is 5.54 Å². The van der Waals surface area contributed by atoms with E-state index in [9.17, 15) is 14.7 Å². The molecule has 0 spiro atoms. The van der Waals surface area contributed by atoms with Gasteiger partial charge in [-0.25, -0.2) is 4.79 Å². The number of hydrogen-bond donors (Lipinski definition) is 2. The summed E-state index contributed by atoms with van der Waals surface area (Å²) in [5.74, 6) is -0.470. The first kappa shape index (κ1) is 16.7. The summed E-state index contributed by atoms with van der Waals surface area (Å²) in [6, 6.07) is 0. The van der Waals surface area contributed by atoms with Crippen molar-refractivity contribution in [3.05, 3.63) is 33.8 Å². The zero-order valence-corrected chi connectivity index (χ0v) is 14.8. The van der Waals surface area contributed by atoms with E-state index in [1.165, 1.54) is 15.8 Å². The third kappa shape index (κ3) is 2.96. The molecule has 2 N–H and O–H groups in total. The van der Waals surface area contributed by atoms with Crippen LogP contribution in [0.2, 0.25) is 0 Å². The zero-order valence-electron chi connectivity index (χ0n) is 14.0. The average Bonchev–Trinajstić information content (AvgIpc) is 3.13. The number of carboxylic acid groups (broad SMARTS) is 1. The van der Waals surface area contributed by atoms with E-state index in [0.29, 0.717) is 11.6 Å². The summed E-state index contributed by atoms with van der Waals surface area (Å²) in [7, 11) is 0. The monoisotopic (exact) mass is 347 g/mol. The van der Waals surface area contributed by atoms with Gasteiger partial charge in [0.25, 0.3) is 5.91 Å². The Morgan fingerprint density at radius 2 is 2.21 bits per heavy atom. The van der Waals surface area contributed by atoms with Gasteiger partial charge in [0.05, 0.1) is 17.4 Å². The Kier molecular flexibility index (Phi) is 4.21. The van der Waals surface area contributed by atoms with Crippen LogP contribution < -0.4 is 5.32 Å². The fraction of sp³-hybridized carbons (Fsp3) is 0.471. The van der Waals surface area contributed by atoms with Crippen molar-refractivity contribution in [1.29, 1.82) is 0 Å². The molecule has 128 valence electrons. The molecule has 0 saturated carbocycles. The molecule has 1 unspecified atom stereocenters. The number of aromatic nitrogens is 2. The number of nitrogens with one attached hydrogen (secondary N) is 1. The van der Waals surface area contributed by atoms with Crippen LogP contribution in [-0.4, -0.2) is 26.8 Å². The lowest BCUT2D eigenvalue weighted by molar-refractivity contribution is -0.146. The second-order valence-corrected chi connectivity index (χ2v) is 7.86. The van der Waals surface area contributed by atoms with Crippen molar-refractivity contribution in [1.82, 2.24) is 9.78 Å². The molecule has 1 aliphatic rings. The molecule has 1 aliphatic carbocycles. The molecular weight excluding hydrogens is 326 g/mol. The van der Waals surface area contributed by atoms with E-state index in [0.717, 1.165) is 30.4 Å². The predicted molar refractivity (Wildman–Crippen MR) is 92.6 cm³/mol. The highest BCUT2D eigenvalue weighted by molar-refractivity contribution is 7.10. The van der Waals surface area contributed by atoms with E-state index >= 15 is 0 Å². The summed E-state index contributed by atoms with van der Waals surface area (Å²) in [6.45, 7) is 5.36. The number of carboxylic acids is 1. The molecule has 0 fully saturated rings. The number of nitrogens with zero attached hydrogens (tertiary/aromatic N) is 2. The molecule has 24 heavy (non-hydrogen) atoms. The molecule has 0 aliphatic heterocycles. The Morgan fingerprint density at radius 3 is 2.92 bits per heavy atom. The summed E-state index contributed by atoms with van der Waals surface area (Å²) in [4.78, 5) is 25.2. The highest BCUT2D eigenvalue weighted by atomic mass is 32.1. The van der Waals surface area contributed by atoms with E-state index in [4.69, 9.17) is 0 Å². The second kappa shape index (κ2) is 6.05. The summed E-state index contributed by atoms with van der Waals surface area (Å²) in [6.07, 6.45) is 6.11. The largest absolute Gasteiger partial charge is 0.479 e. The normalized spacial score (nSPS) is 17.4. The summed E-state index contributed by atoms with van der Waals surface area (Å²) in [5.41, 5.74) is 1.22. The smallest absolute Gasteiger partial charge is 0.331 e. The molecule has 1 amide bonds. The molecule has 0 saturated heterocycles. The van der Waals surface area contributed by atoms with Crippen LogP contribution in [0.3, 0.4) is 0 Å². The summed E-state index contributed by atoms with van der Waals surface area (Å²) >= 11 is 1.65. The molecule has 2 aromatic heterocycles. The van der Waals surface area contributed by atoms with E-state index in [1.807, 2.05) is 5.38 Å². The first-order chi connectivity index (χ1) is 11.3. The Hall–Kier alpha value is -2.15. The topological polar surface area (TPSA) is 84.2 Å². The molecule has 3 rings (SSSR count). The molecule has 1 atom stereocenters. The fourth-order valence-corrected chi connectivity index (χ4v) is 4.10. The van der Waals surface area contributed by atoms with Gasteiger partial charge in [-0.15, -0.1) is 11.3 Å². The molecule has 0 bridgehead atoms. The first-order valence-corrected chi connectivity index (χ1v) is 8.86. The minimum Gasteiger partial charge on any atom is -0.479 e. The van der Waals surface area contributed by atoms with Crippen LogP contribution in [0.4, 0.5) is 5.69 Å². The number of thiophene rings is 1. The van der Waals surface area contributed by atoms with E-state index in [-0.39, 0.29) is 5.91 Å². The number of fused-ring (bicyclic) bond motifs is 1. The Labute approximate surface area is 144 Å². The summed E-state index contributed by atoms with van der Waals surface area (Å²) in [5, 5.41) is 18.1. The van der Waals surface area contributed by atoms with Crippen LogP contribution in [0, 0.1) is 5.92 Å². The van der Waals surface area contributed by atoms with Gasteiger partial charge in [-0.1, -0.05) is 6.92 Å². The van der Waals surface area contributed by atoms with Crippen LogP contribution in [0.15, 0.2) is 17.8 Å². The molecule has 0 radical (unpaired) electrons. The lowest BCUT2D eigenvalue weighted by Crippen LogP contribution is -2.35. The number of aliphatic carboxylic acids is 1. The van der Waals surface area contributed by atoms with Gasteiger partial charge >= 0.3 is 5.97 Å². The molecule has 2 aromatic rings. The molecule has 6 nitrogen and oxygen atoms in total. The molecule has 0 aromatic carbocycles. The molecular formula is C17H21N3O3S. The van der Waals surface area contributed by atoms with Crippen molar-refractivity contribution in [2.24, 2.45) is 5.92 Å². The number of carbonyl (C=O) groups is 2. The van der Waals surface area contributed by atoms with Crippen molar-refractivity contribution in [2.75, 3.05) is 5.32 Å². The van der Waals surface area contributed by atoms with Gasteiger partial charge in [-0.3, -0.25) is 9.48 Å². The Bertz CT molecular complexity index is 791. The number of amides is 1. The maximum Gasteiger partial charge on any atom is 0.331 e. The van der Waals surface area contributed by atoms with Crippen molar-refractivity contribution in [2.45, 2.75) is 45.6 Å². The van der Waals surface area contributed by atoms with E-state index in [1.54, 1.807) is 31.4 Å². The zero-order chi connectivity index (χ0) is 17.5. The minimum atomic E-state index is -1.17. The van der Waals surface area contributed by atoms with Gasteiger partial charge in [0.2, 0.25) is 0 Å². The van der Waals surface area contributed by atoms with E-state index < -0.39 is 11.5 Å². The van der Waals surface area contributed by atoms with Gasteiger partial charge in [0.1, 0.15) is 0 Å². The highest BCUT2D eigenvalue weighted by Crippen LogP contribution is 2.33. The lowest BCUT2D eigenvalue weighted by Gasteiger charge is -2.19. The third-order valence-corrected chi connectivity index (χ3v) is 5.63. The Balaban J connectivity index is 1.77. The lowest BCUT2D eigenvalue weighted by atomic mass is 9.88. The summed E-state index contributed by atoms with van der Waals surface area (Å²) < 4.78 is 1.34. The van der Waals surface area contributed by atoms with Crippen LogP contribution >= 0.6 is 11.3 Å². The van der Waals surface area contributed by atoms with Gasteiger partial charge in [-0.2, -0.15) is 5.10 Å². The SMILES string of the molecule is CC1CCc2c(C(=O)Nc3cnn(C(C)(C)C(=O)O)c3)csc2C1. The average molecular weight is 347 g/mol. The van der Waals surface area contributed by atoms with Gasteiger partial charge in [-0.05, 0) is 44.6 Å². The van der Waals surface area contributed by atoms with E-state index in [2.05, 4.69) is 17.3 Å². The number of rotatable bonds is 4. The van der Waals surface area contributed by atoms with Crippen molar-refractivity contribution >= 4 is 28.9 Å². The maximum atomic E-state index is 12.6. The van der Waals surface area contributed by atoms with Crippen molar-refractivity contribution in [3.8, 4) is 0 Å². The minimum absolute atomic E-state index is 0.158. The quantitative estimate of drug-likeness (QED) is 0.890. The number of anilines is 1. The van der Waals surface area contributed by atoms with Crippen molar-refractivity contribution < 1.29 is 14.7 Å². The number of carbonyl (C=O) groups excluding carboxylic acids is 1. The fourth-order valence-electron chi connectivity index (χ4n) is 2.86. The van der Waals surface area contributed by atoms with Crippen LogP contribution in [0.25, 0.3) is 0 Å². The highest BCUT2D eigenvalue weighted by Gasteiger charge is 2.30. The van der Waals surface area contributed by atoms with Crippen LogP contribution in [0.5, 0.6) is 0 Å². The van der Waals surface area contributed by atoms with Crippen molar-refractivity contribution in [3.63, 3.8) is 0 Å². The van der Waals surface area contributed by atoms with Crippen LogP contribution in [0.1, 0.15) is 48.0 Å². The second-order valence-electron chi connectivity index (χ2n) is 6.89. The van der Waals surface area contributed by atoms with Crippen LogP contribution in [-0.2, 0) is 23.2 Å². The molecule has 2 heterocycles. The van der Waals surface area contributed by atoms with Gasteiger partial charge in [0, 0.05) is 16.5 Å². The number of hydrogen-bond acceptors (Lipinski definition) is 4. The maximum absolute atomic E-state index is 12.6. The standard InChI is InChI=1S/C17H21N3O3S/c1-10-4-5-12-13(9-24-14(12)6-10)15(21)19-11-7-18-20(8-11)17(2,3)16(22)23/h7-10H,4-6H2,1-3H3,(H,19,21)(H,22,23). The first-order valence-electron chi connectivity index (χ1n) is 7.98. The Morgan fingerprint density at radius 1 is 1.46 bits per heavy atom. The van der Waals surface area contributed by atoms with Gasteiger partial charge < -0.3 is 10.4 Å². The molecule has 7 heteroatoms. The third-order valence-electron chi connectivity index (χ3n) is 4.58. The predicted octanol–water partition coefficient (Wildman–Crippen LogP) is 3.14.